The predicted octanol–water partition coefficient (Wildman–Crippen LogP) is 3.93. The minimum atomic E-state index is -0.0783. The summed E-state index contributed by atoms with van der Waals surface area (Å²) in [6.45, 7) is 1.95. The van der Waals surface area contributed by atoms with Crippen molar-refractivity contribution in [3.63, 3.8) is 0 Å². The molecule has 1 aliphatic carbocycles. The average molecular weight is 334 g/mol. The number of nitrogens with one attached hydrogen (secondary N) is 1. The highest BCUT2D eigenvalue weighted by molar-refractivity contribution is 9.10. The first kappa shape index (κ1) is 13.4. The second-order valence-corrected chi connectivity index (χ2v) is 5.92. The van der Waals surface area contributed by atoms with Gasteiger partial charge in [0.15, 0.2) is 0 Å². The van der Waals surface area contributed by atoms with Gasteiger partial charge >= 0.3 is 0 Å². The van der Waals surface area contributed by atoms with Crippen molar-refractivity contribution in [3.05, 3.63) is 46.5 Å². The molecule has 0 unspecified atom stereocenters. The zero-order valence-corrected chi connectivity index (χ0v) is 12.9. The largest absolute Gasteiger partial charge is 0.340 e. The number of aryl methyl sites for hydroxylation is 1. The topological polar surface area (TPSA) is 46.9 Å². The van der Waals surface area contributed by atoms with E-state index in [1.165, 1.54) is 6.42 Å². The Balaban J connectivity index is 1.79. The quantitative estimate of drug-likeness (QED) is 0.865. The van der Waals surface area contributed by atoms with E-state index >= 15 is 0 Å². The maximum atomic E-state index is 12.4. The summed E-state index contributed by atoms with van der Waals surface area (Å²) < 4.78 is 2.88. The van der Waals surface area contributed by atoms with E-state index in [1.54, 1.807) is 6.20 Å². The molecule has 1 aliphatic rings. The third kappa shape index (κ3) is 2.50. The molecule has 0 atom stereocenters. The molecule has 3 rings (SSSR count). The fourth-order valence-corrected chi connectivity index (χ4v) is 2.61. The lowest BCUT2D eigenvalue weighted by atomic mass is 9.93. The number of rotatable bonds is 3. The van der Waals surface area contributed by atoms with Crippen LogP contribution in [0.2, 0.25) is 0 Å². The molecule has 5 heteroatoms. The van der Waals surface area contributed by atoms with Crippen molar-refractivity contribution < 1.29 is 4.79 Å². The number of hydrogen-bond donors (Lipinski definition) is 1. The van der Waals surface area contributed by atoms with Crippen molar-refractivity contribution in [3.8, 4) is 0 Å². The fourth-order valence-electron chi connectivity index (χ4n) is 2.39. The number of aromatic nitrogens is 2. The van der Waals surface area contributed by atoms with Gasteiger partial charge in [-0.2, -0.15) is 0 Å². The molecular formula is C15H16BrN3O. The van der Waals surface area contributed by atoms with Gasteiger partial charge in [0, 0.05) is 12.2 Å². The molecule has 1 N–H and O–H groups in total. The molecule has 4 nitrogen and oxygen atoms in total. The summed E-state index contributed by atoms with van der Waals surface area (Å²) in [6, 6.07) is 6.19. The summed E-state index contributed by atoms with van der Waals surface area (Å²) in [7, 11) is 0. The van der Waals surface area contributed by atoms with E-state index in [0.717, 1.165) is 34.4 Å². The minimum absolute atomic E-state index is 0.0783. The lowest BCUT2D eigenvalue weighted by molar-refractivity contribution is 0.101. The average Bonchev–Trinajstić information content (AvgIpc) is 2.81. The van der Waals surface area contributed by atoms with Crippen LogP contribution >= 0.6 is 15.9 Å². The number of nitrogens with zero attached hydrogens (tertiary/aromatic N) is 2. The molecule has 0 saturated heterocycles. The van der Waals surface area contributed by atoms with Crippen molar-refractivity contribution >= 4 is 27.5 Å². The van der Waals surface area contributed by atoms with Crippen molar-refractivity contribution in [2.75, 3.05) is 5.32 Å². The van der Waals surface area contributed by atoms with Crippen LogP contribution in [0.25, 0.3) is 0 Å². The normalized spacial score (nSPS) is 14.9. The van der Waals surface area contributed by atoms with Crippen LogP contribution in [0, 0.1) is 6.92 Å². The van der Waals surface area contributed by atoms with Crippen molar-refractivity contribution in [2.45, 2.75) is 32.2 Å². The highest BCUT2D eigenvalue weighted by atomic mass is 79.9. The molecule has 1 amide bonds. The van der Waals surface area contributed by atoms with Crippen LogP contribution in [-0.2, 0) is 0 Å². The number of anilines is 1. The Kier molecular flexibility index (Phi) is 3.61. The molecular weight excluding hydrogens is 318 g/mol. The standard InChI is InChI=1S/C15H16BrN3O/c1-10-8-11(9-17-14(10)16)18-15(20)13-6-3-7-19(13)12-4-2-5-12/h3,6-9,12H,2,4-5H2,1H3,(H,18,20). The van der Waals surface area contributed by atoms with Gasteiger partial charge in [-0.15, -0.1) is 0 Å². The summed E-state index contributed by atoms with van der Waals surface area (Å²) in [5.74, 6) is -0.0783. The Labute approximate surface area is 126 Å². The van der Waals surface area contributed by atoms with Gasteiger partial charge in [-0.3, -0.25) is 4.79 Å². The molecule has 0 aliphatic heterocycles. The molecule has 0 bridgehead atoms. The molecule has 20 heavy (non-hydrogen) atoms. The van der Waals surface area contributed by atoms with Crippen LogP contribution in [-0.4, -0.2) is 15.5 Å². The van der Waals surface area contributed by atoms with Gasteiger partial charge < -0.3 is 9.88 Å². The molecule has 2 aromatic heterocycles. The summed E-state index contributed by atoms with van der Waals surface area (Å²) >= 11 is 3.35. The minimum Gasteiger partial charge on any atom is -0.340 e. The highest BCUT2D eigenvalue weighted by Crippen LogP contribution is 2.32. The van der Waals surface area contributed by atoms with Gasteiger partial charge in [-0.1, -0.05) is 0 Å². The lowest BCUT2D eigenvalue weighted by Gasteiger charge is -2.28. The van der Waals surface area contributed by atoms with Gasteiger partial charge in [-0.25, -0.2) is 4.98 Å². The Morgan fingerprint density at radius 2 is 2.30 bits per heavy atom. The number of carbonyl (C=O) groups excluding carboxylic acids is 1. The van der Waals surface area contributed by atoms with Crippen LogP contribution in [0.3, 0.4) is 0 Å². The van der Waals surface area contributed by atoms with Crippen LogP contribution in [0.15, 0.2) is 35.2 Å². The first-order valence-corrected chi connectivity index (χ1v) is 7.55. The van der Waals surface area contributed by atoms with E-state index in [2.05, 4.69) is 30.8 Å². The Morgan fingerprint density at radius 3 is 2.95 bits per heavy atom. The molecule has 1 fully saturated rings. The van der Waals surface area contributed by atoms with Gasteiger partial charge in [0.1, 0.15) is 10.3 Å². The van der Waals surface area contributed by atoms with Gasteiger partial charge in [0.05, 0.1) is 11.9 Å². The third-order valence-electron chi connectivity index (χ3n) is 3.75. The number of amides is 1. The zero-order valence-electron chi connectivity index (χ0n) is 11.3. The van der Waals surface area contributed by atoms with E-state index in [-0.39, 0.29) is 5.91 Å². The number of pyridine rings is 1. The van der Waals surface area contributed by atoms with Crippen LogP contribution in [0.5, 0.6) is 0 Å². The highest BCUT2D eigenvalue weighted by Gasteiger charge is 2.23. The summed E-state index contributed by atoms with van der Waals surface area (Å²) in [5.41, 5.74) is 2.43. The number of carbonyl (C=O) groups is 1. The van der Waals surface area contributed by atoms with E-state index in [9.17, 15) is 4.79 Å². The number of hydrogen-bond acceptors (Lipinski definition) is 2. The second-order valence-electron chi connectivity index (χ2n) is 5.17. The molecule has 2 aromatic rings. The van der Waals surface area contributed by atoms with Gasteiger partial charge in [0.25, 0.3) is 5.91 Å². The van der Waals surface area contributed by atoms with Crippen LogP contribution in [0.4, 0.5) is 5.69 Å². The van der Waals surface area contributed by atoms with E-state index in [4.69, 9.17) is 0 Å². The monoisotopic (exact) mass is 333 g/mol. The molecule has 0 radical (unpaired) electrons. The lowest BCUT2D eigenvalue weighted by Crippen LogP contribution is -2.23. The molecule has 0 spiro atoms. The third-order valence-corrected chi connectivity index (χ3v) is 4.58. The zero-order chi connectivity index (χ0) is 14.1. The summed E-state index contributed by atoms with van der Waals surface area (Å²) in [6.07, 6.45) is 7.22. The first-order chi connectivity index (χ1) is 9.65. The smallest absolute Gasteiger partial charge is 0.272 e. The van der Waals surface area contributed by atoms with Crippen LogP contribution < -0.4 is 5.32 Å². The van der Waals surface area contributed by atoms with Gasteiger partial charge in [0.2, 0.25) is 0 Å². The Bertz CT molecular complexity index is 646. The van der Waals surface area contributed by atoms with Crippen molar-refractivity contribution in [1.82, 2.24) is 9.55 Å². The Hall–Kier alpha value is -1.62. The maximum absolute atomic E-state index is 12.4. The van der Waals surface area contributed by atoms with Gasteiger partial charge in [-0.05, 0) is 65.9 Å². The van der Waals surface area contributed by atoms with Crippen molar-refractivity contribution in [1.29, 1.82) is 0 Å². The predicted molar refractivity (Wildman–Crippen MR) is 81.9 cm³/mol. The second kappa shape index (κ2) is 5.40. The van der Waals surface area contributed by atoms with E-state index in [0.29, 0.717) is 6.04 Å². The summed E-state index contributed by atoms with van der Waals surface area (Å²) in [5, 5.41) is 2.91. The molecule has 1 saturated carbocycles. The van der Waals surface area contributed by atoms with Crippen LogP contribution in [0.1, 0.15) is 41.4 Å². The maximum Gasteiger partial charge on any atom is 0.272 e. The molecule has 0 aromatic carbocycles. The fraction of sp³-hybridized carbons (Fsp3) is 0.333. The summed E-state index contributed by atoms with van der Waals surface area (Å²) in [4.78, 5) is 16.6. The first-order valence-electron chi connectivity index (χ1n) is 6.75. The molecule has 2 heterocycles. The number of halogens is 1. The SMILES string of the molecule is Cc1cc(NC(=O)c2cccn2C2CCC2)cnc1Br. The van der Waals surface area contributed by atoms with Crippen molar-refractivity contribution in [2.24, 2.45) is 0 Å². The Morgan fingerprint density at radius 1 is 1.50 bits per heavy atom. The van der Waals surface area contributed by atoms with E-state index in [1.807, 2.05) is 31.3 Å². The molecule has 104 valence electrons. The van der Waals surface area contributed by atoms with E-state index < -0.39 is 0 Å².